The molecule has 0 saturated carbocycles. The minimum absolute atomic E-state index is 0.464. The van der Waals surface area contributed by atoms with Crippen LogP contribution < -0.4 is 5.32 Å². The second-order valence-electron chi connectivity index (χ2n) is 5.15. The smallest absolute Gasteiger partial charge is 0.0867 e. The summed E-state index contributed by atoms with van der Waals surface area (Å²) < 4.78 is 0. The van der Waals surface area contributed by atoms with Crippen molar-refractivity contribution in [3.8, 4) is 0 Å². The van der Waals surface area contributed by atoms with Crippen molar-refractivity contribution < 1.29 is 0 Å². The van der Waals surface area contributed by atoms with Crippen LogP contribution >= 0.6 is 0 Å². The molecule has 2 aromatic carbocycles. The molecule has 2 heteroatoms. The third-order valence-corrected chi connectivity index (χ3v) is 3.81. The Morgan fingerprint density at radius 3 is 2.00 bits per heavy atom. The summed E-state index contributed by atoms with van der Waals surface area (Å²) in [6.07, 6.45) is 5.27. The molecule has 3 rings (SSSR count). The molecule has 2 nitrogen and oxygen atoms in total. The van der Waals surface area contributed by atoms with Gasteiger partial charge in [-0.2, -0.15) is 0 Å². The van der Waals surface area contributed by atoms with Crippen molar-refractivity contribution in [1.29, 1.82) is 0 Å². The molecule has 0 atom stereocenters. The minimum Gasteiger partial charge on any atom is -0.373 e. The molecule has 0 saturated heterocycles. The van der Waals surface area contributed by atoms with Gasteiger partial charge in [0, 0.05) is 24.9 Å². The molecule has 1 heterocycles. The van der Waals surface area contributed by atoms with Gasteiger partial charge in [-0.1, -0.05) is 60.7 Å². The lowest BCUT2D eigenvalue weighted by atomic mass is 9.88. The molecule has 0 radical (unpaired) electrons. The Labute approximate surface area is 120 Å². The fourth-order valence-corrected chi connectivity index (χ4v) is 2.73. The van der Waals surface area contributed by atoms with Crippen LogP contribution in [0.2, 0.25) is 0 Å². The van der Waals surface area contributed by atoms with E-state index in [2.05, 4.69) is 77.1 Å². The molecule has 0 amide bonds. The normalized spacial score (nSPS) is 13.8. The highest BCUT2D eigenvalue weighted by Crippen LogP contribution is 2.28. The first-order chi connectivity index (χ1) is 9.93. The molecule has 0 fully saturated rings. The van der Waals surface area contributed by atoms with Crippen LogP contribution in [0.25, 0.3) is 0 Å². The first kappa shape index (κ1) is 12.8. The van der Waals surface area contributed by atoms with Crippen molar-refractivity contribution in [2.75, 3.05) is 13.2 Å². The molecule has 0 unspecified atom stereocenters. The summed E-state index contributed by atoms with van der Waals surface area (Å²) in [5.41, 5.74) is 2.80. The summed E-state index contributed by atoms with van der Waals surface area (Å²) in [6, 6.07) is 21.6. The third-order valence-electron chi connectivity index (χ3n) is 3.81. The highest BCUT2D eigenvalue weighted by molar-refractivity contribution is 5.32. The Morgan fingerprint density at radius 2 is 1.50 bits per heavy atom. The molecule has 102 valence electrons. The average molecular weight is 264 g/mol. The van der Waals surface area contributed by atoms with Gasteiger partial charge < -0.3 is 10.2 Å². The Balaban J connectivity index is 1.78. The minimum atomic E-state index is 0.464. The van der Waals surface area contributed by atoms with Crippen LogP contribution in [0.15, 0.2) is 73.1 Å². The van der Waals surface area contributed by atoms with E-state index in [4.69, 9.17) is 0 Å². The molecule has 20 heavy (non-hydrogen) atoms. The zero-order valence-electron chi connectivity index (χ0n) is 11.6. The highest BCUT2D eigenvalue weighted by atomic mass is 15.2. The predicted molar refractivity (Wildman–Crippen MR) is 83.2 cm³/mol. The first-order valence-electron chi connectivity index (χ1n) is 7.17. The average Bonchev–Trinajstić information content (AvgIpc) is 3.03. The molecule has 1 aliphatic rings. The molecule has 0 aliphatic carbocycles. The van der Waals surface area contributed by atoms with Gasteiger partial charge >= 0.3 is 0 Å². The topological polar surface area (TPSA) is 15.3 Å². The van der Waals surface area contributed by atoms with E-state index < -0.39 is 0 Å². The standard InChI is InChI=1S/C18H20N2/c1-3-7-16(8-4-1)18(17-9-5-2-6-10-17)11-13-20-14-12-19-15-20/h1-10,12,14,18-19H,11,13,15H2. The molecule has 0 bridgehead atoms. The van der Waals surface area contributed by atoms with Crippen molar-refractivity contribution in [2.24, 2.45) is 0 Å². The van der Waals surface area contributed by atoms with E-state index in [1.165, 1.54) is 11.1 Å². The maximum atomic E-state index is 3.22. The number of hydrogen-bond acceptors (Lipinski definition) is 2. The Bertz CT molecular complexity index is 509. The summed E-state index contributed by atoms with van der Waals surface area (Å²) >= 11 is 0. The molecular weight excluding hydrogens is 244 g/mol. The quantitative estimate of drug-likeness (QED) is 0.888. The van der Waals surface area contributed by atoms with Gasteiger partial charge in [-0.25, -0.2) is 0 Å². The van der Waals surface area contributed by atoms with Gasteiger partial charge in [-0.05, 0) is 17.5 Å². The summed E-state index contributed by atoms with van der Waals surface area (Å²) in [6.45, 7) is 1.99. The van der Waals surface area contributed by atoms with Crippen molar-refractivity contribution in [2.45, 2.75) is 12.3 Å². The van der Waals surface area contributed by atoms with Crippen LogP contribution in [0.1, 0.15) is 23.5 Å². The van der Waals surface area contributed by atoms with E-state index >= 15 is 0 Å². The molecule has 1 aliphatic heterocycles. The fourth-order valence-electron chi connectivity index (χ4n) is 2.73. The van der Waals surface area contributed by atoms with Gasteiger partial charge in [0.1, 0.15) is 0 Å². The van der Waals surface area contributed by atoms with Gasteiger partial charge in [-0.3, -0.25) is 0 Å². The number of nitrogens with one attached hydrogen (secondary N) is 1. The van der Waals surface area contributed by atoms with Crippen molar-refractivity contribution in [3.05, 3.63) is 84.2 Å². The summed E-state index contributed by atoms with van der Waals surface area (Å²) in [5.74, 6) is 0.464. The zero-order chi connectivity index (χ0) is 13.6. The maximum Gasteiger partial charge on any atom is 0.0867 e. The summed E-state index contributed by atoms with van der Waals surface area (Å²) in [7, 11) is 0. The lowest BCUT2D eigenvalue weighted by Gasteiger charge is -2.22. The van der Waals surface area contributed by atoms with Crippen LogP contribution in [-0.4, -0.2) is 18.1 Å². The zero-order valence-corrected chi connectivity index (χ0v) is 11.6. The maximum absolute atomic E-state index is 3.22. The molecule has 0 aromatic heterocycles. The molecular formula is C18H20N2. The number of benzene rings is 2. The Morgan fingerprint density at radius 1 is 0.900 bits per heavy atom. The third kappa shape index (κ3) is 3.02. The van der Waals surface area contributed by atoms with E-state index in [0.717, 1.165) is 19.6 Å². The van der Waals surface area contributed by atoms with Crippen LogP contribution in [-0.2, 0) is 0 Å². The van der Waals surface area contributed by atoms with Crippen molar-refractivity contribution >= 4 is 0 Å². The van der Waals surface area contributed by atoms with Gasteiger partial charge in [0.25, 0.3) is 0 Å². The number of rotatable bonds is 5. The molecule has 0 spiro atoms. The number of hydrogen-bond donors (Lipinski definition) is 1. The van der Waals surface area contributed by atoms with E-state index in [0.29, 0.717) is 5.92 Å². The van der Waals surface area contributed by atoms with Crippen LogP contribution in [0.3, 0.4) is 0 Å². The Hall–Kier alpha value is -2.22. The molecule has 1 N–H and O–H groups in total. The second kappa shape index (κ2) is 6.29. The van der Waals surface area contributed by atoms with Crippen LogP contribution in [0.4, 0.5) is 0 Å². The predicted octanol–water partition coefficient (Wildman–Crippen LogP) is 3.54. The summed E-state index contributed by atoms with van der Waals surface area (Å²) in [4.78, 5) is 2.32. The second-order valence-corrected chi connectivity index (χ2v) is 5.15. The lowest BCUT2D eigenvalue weighted by Crippen LogP contribution is -2.23. The van der Waals surface area contributed by atoms with Gasteiger partial charge in [-0.15, -0.1) is 0 Å². The van der Waals surface area contributed by atoms with E-state index in [1.807, 2.05) is 6.20 Å². The summed E-state index contributed by atoms with van der Waals surface area (Å²) in [5, 5.41) is 3.22. The largest absolute Gasteiger partial charge is 0.373 e. The van der Waals surface area contributed by atoms with Crippen molar-refractivity contribution in [3.63, 3.8) is 0 Å². The monoisotopic (exact) mass is 264 g/mol. The highest BCUT2D eigenvalue weighted by Gasteiger charge is 2.15. The van der Waals surface area contributed by atoms with Gasteiger partial charge in [0.2, 0.25) is 0 Å². The van der Waals surface area contributed by atoms with Crippen molar-refractivity contribution in [1.82, 2.24) is 10.2 Å². The fraction of sp³-hybridized carbons (Fsp3) is 0.222. The lowest BCUT2D eigenvalue weighted by molar-refractivity contribution is 0.376. The number of nitrogens with zero attached hydrogens (tertiary/aromatic N) is 1. The Kier molecular flexibility index (Phi) is 4.02. The molecule has 2 aromatic rings. The van der Waals surface area contributed by atoms with Gasteiger partial charge in [0.05, 0.1) is 6.67 Å². The van der Waals surface area contributed by atoms with Crippen LogP contribution in [0.5, 0.6) is 0 Å². The van der Waals surface area contributed by atoms with E-state index in [1.54, 1.807) is 0 Å². The van der Waals surface area contributed by atoms with E-state index in [-0.39, 0.29) is 0 Å². The van der Waals surface area contributed by atoms with Gasteiger partial charge in [0.15, 0.2) is 0 Å². The van der Waals surface area contributed by atoms with Crippen LogP contribution in [0, 0.1) is 0 Å². The van der Waals surface area contributed by atoms with E-state index in [9.17, 15) is 0 Å². The first-order valence-corrected chi connectivity index (χ1v) is 7.17. The SMILES string of the molecule is C1=CN(CCC(c2ccccc2)c2ccccc2)CN1.